The van der Waals surface area contributed by atoms with Crippen molar-refractivity contribution in [2.45, 2.75) is 19.0 Å². The van der Waals surface area contributed by atoms with Crippen molar-refractivity contribution in [3.8, 4) is 0 Å². The fraction of sp³-hybridized carbons (Fsp3) is 0.429. The molecule has 1 aromatic rings. The Bertz CT molecular complexity index is 649. The molecule has 1 aliphatic rings. The Morgan fingerprint density at radius 2 is 2.00 bits per heavy atom. The lowest BCUT2D eigenvalue weighted by atomic mass is 9.86. The number of likely N-dealkylation sites (tertiary alicyclic amines) is 1. The van der Waals surface area contributed by atoms with Gasteiger partial charge in [0.2, 0.25) is 5.91 Å². The van der Waals surface area contributed by atoms with E-state index in [2.05, 4.69) is 15.9 Å². The molecule has 1 aliphatic heterocycles. The van der Waals surface area contributed by atoms with Crippen molar-refractivity contribution in [3.05, 3.63) is 34.1 Å². The van der Waals surface area contributed by atoms with E-state index in [4.69, 9.17) is 5.11 Å². The van der Waals surface area contributed by atoms with Crippen LogP contribution in [0.3, 0.4) is 0 Å². The van der Waals surface area contributed by atoms with Crippen LogP contribution in [0.1, 0.15) is 12.0 Å². The summed E-state index contributed by atoms with van der Waals surface area (Å²) >= 11 is 3.13. The second-order valence-electron chi connectivity index (χ2n) is 5.36. The summed E-state index contributed by atoms with van der Waals surface area (Å²) in [6.45, 7) is -1.24. The van der Waals surface area contributed by atoms with Crippen molar-refractivity contribution in [3.63, 3.8) is 0 Å². The fourth-order valence-electron chi connectivity index (χ4n) is 2.50. The van der Waals surface area contributed by atoms with Gasteiger partial charge in [-0.15, -0.1) is 0 Å². The predicted octanol–water partition coefficient (Wildman–Crippen LogP) is 3.00. The van der Waals surface area contributed by atoms with E-state index < -0.39 is 42.3 Å². The van der Waals surface area contributed by atoms with Crippen LogP contribution in [-0.2, 0) is 16.0 Å². The minimum atomic E-state index is -4.95. The van der Waals surface area contributed by atoms with Crippen LogP contribution in [-0.4, -0.2) is 41.1 Å². The van der Waals surface area contributed by atoms with Crippen LogP contribution in [0.15, 0.2) is 22.7 Å². The van der Waals surface area contributed by atoms with Gasteiger partial charge >= 0.3 is 12.1 Å². The number of rotatable bonds is 3. The smallest absolute Gasteiger partial charge is 0.406 e. The number of halogens is 5. The monoisotopic (exact) mass is 397 g/mol. The van der Waals surface area contributed by atoms with Crippen LogP contribution in [0, 0.1) is 11.2 Å². The van der Waals surface area contributed by atoms with E-state index in [-0.39, 0.29) is 18.5 Å². The number of carbonyl (C=O) groups is 2. The minimum absolute atomic E-state index is 0.287. The van der Waals surface area contributed by atoms with Crippen molar-refractivity contribution in [1.29, 1.82) is 0 Å². The predicted molar refractivity (Wildman–Crippen MR) is 75.1 cm³/mol. The van der Waals surface area contributed by atoms with Crippen molar-refractivity contribution < 1.29 is 32.3 Å². The molecule has 1 fully saturated rings. The number of nitrogens with zero attached hydrogens (tertiary/aromatic N) is 1. The number of hydrogen-bond donors (Lipinski definition) is 1. The number of benzene rings is 1. The second kappa shape index (κ2) is 6.10. The first-order chi connectivity index (χ1) is 10.6. The molecule has 2 rings (SSSR count). The Kier molecular flexibility index (Phi) is 4.70. The molecular weight excluding hydrogens is 386 g/mol. The molecule has 1 heterocycles. The Balaban J connectivity index is 2.16. The molecule has 0 spiro atoms. The zero-order valence-electron chi connectivity index (χ0n) is 11.7. The summed E-state index contributed by atoms with van der Waals surface area (Å²) in [4.78, 5) is 24.1. The molecule has 1 unspecified atom stereocenters. The molecular formula is C14H12BrF4NO3. The molecule has 1 atom stereocenters. The zero-order chi connectivity index (χ0) is 17.4. The number of hydrogen-bond acceptors (Lipinski definition) is 2. The Morgan fingerprint density at radius 3 is 2.52 bits per heavy atom. The second-order valence-corrected chi connectivity index (χ2v) is 6.22. The van der Waals surface area contributed by atoms with Crippen LogP contribution < -0.4 is 0 Å². The van der Waals surface area contributed by atoms with E-state index in [0.29, 0.717) is 4.47 Å². The van der Waals surface area contributed by atoms with E-state index >= 15 is 0 Å². The summed E-state index contributed by atoms with van der Waals surface area (Å²) in [5, 5.41) is 8.95. The highest BCUT2D eigenvalue weighted by Crippen LogP contribution is 2.45. The molecule has 0 saturated carbocycles. The number of carbonyl (C=O) groups excluding carboxylic acids is 1. The Morgan fingerprint density at radius 1 is 1.35 bits per heavy atom. The lowest BCUT2D eigenvalue weighted by molar-refractivity contribution is -0.227. The topological polar surface area (TPSA) is 57.6 Å². The van der Waals surface area contributed by atoms with Gasteiger partial charge in [0.25, 0.3) is 0 Å². The van der Waals surface area contributed by atoms with E-state index in [9.17, 15) is 27.2 Å². The van der Waals surface area contributed by atoms with Gasteiger partial charge in [-0.3, -0.25) is 9.59 Å². The van der Waals surface area contributed by atoms with E-state index in [1.807, 2.05) is 0 Å². The Hall–Kier alpha value is -1.64. The SMILES string of the molecule is O=C(Cc1cc(F)ccc1Br)N1CCC(C(=O)O)(C(F)(F)F)C1. The number of carboxylic acids is 1. The van der Waals surface area contributed by atoms with Crippen LogP contribution in [0.25, 0.3) is 0 Å². The maximum absolute atomic E-state index is 13.2. The fourth-order valence-corrected chi connectivity index (χ4v) is 2.89. The van der Waals surface area contributed by atoms with Gasteiger partial charge in [-0.25, -0.2) is 4.39 Å². The molecule has 0 radical (unpaired) electrons. The van der Waals surface area contributed by atoms with Gasteiger partial charge < -0.3 is 10.0 Å². The van der Waals surface area contributed by atoms with Crippen molar-refractivity contribution in [2.75, 3.05) is 13.1 Å². The first kappa shape index (κ1) is 17.7. The minimum Gasteiger partial charge on any atom is -0.481 e. The lowest BCUT2D eigenvalue weighted by Gasteiger charge is -2.27. The van der Waals surface area contributed by atoms with E-state index in [1.54, 1.807) is 0 Å². The van der Waals surface area contributed by atoms with Gasteiger partial charge in [0, 0.05) is 17.6 Å². The van der Waals surface area contributed by atoms with Crippen LogP contribution in [0.5, 0.6) is 0 Å². The highest BCUT2D eigenvalue weighted by Gasteiger charge is 2.64. The maximum Gasteiger partial charge on any atom is 0.406 e. The summed E-state index contributed by atoms with van der Waals surface area (Å²) in [7, 11) is 0. The third kappa shape index (κ3) is 3.34. The highest BCUT2D eigenvalue weighted by molar-refractivity contribution is 9.10. The number of carboxylic acid groups (broad SMARTS) is 1. The molecule has 4 nitrogen and oxygen atoms in total. The van der Waals surface area contributed by atoms with Gasteiger partial charge in [-0.05, 0) is 30.2 Å². The molecule has 1 N–H and O–H groups in total. The van der Waals surface area contributed by atoms with Crippen LogP contribution in [0.2, 0.25) is 0 Å². The maximum atomic E-state index is 13.2. The van der Waals surface area contributed by atoms with Crippen molar-refractivity contribution in [2.24, 2.45) is 5.41 Å². The summed E-state index contributed by atoms with van der Waals surface area (Å²) in [6, 6.07) is 3.67. The van der Waals surface area contributed by atoms with Gasteiger partial charge in [-0.1, -0.05) is 15.9 Å². The zero-order valence-corrected chi connectivity index (χ0v) is 13.2. The summed E-state index contributed by atoms with van der Waals surface area (Å²) in [6.07, 6.45) is -5.96. The molecule has 0 aliphatic carbocycles. The largest absolute Gasteiger partial charge is 0.481 e. The van der Waals surface area contributed by atoms with Crippen molar-refractivity contribution in [1.82, 2.24) is 4.90 Å². The van der Waals surface area contributed by atoms with Gasteiger partial charge in [-0.2, -0.15) is 13.2 Å². The molecule has 126 valence electrons. The van der Waals surface area contributed by atoms with E-state index in [1.165, 1.54) is 12.1 Å². The average Bonchev–Trinajstić information content (AvgIpc) is 2.89. The molecule has 9 heteroatoms. The normalized spacial score (nSPS) is 21.5. The number of alkyl halides is 3. The summed E-state index contributed by atoms with van der Waals surface area (Å²) < 4.78 is 52.9. The number of amides is 1. The Labute approximate surface area is 137 Å². The molecule has 23 heavy (non-hydrogen) atoms. The average molecular weight is 398 g/mol. The molecule has 1 amide bonds. The standard InChI is InChI=1S/C14H12BrF4NO3/c15-10-2-1-9(16)5-8(10)6-11(21)20-4-3-13(7-20,12(22)23)14(17,18)19/h1-2,5H,3-4,6-7H2,(H,22,23). The third-order valence-electron chi connectivity index (χ3n) is 3.92. The lowest BCUT2D eigenvalue weighted by Crippen LogP contribution is -2.47. The summed E-state index contributed by atoms with van der Waals surface area (Å²) in [5.41, 5.74) is -2.66. The van der Waals surface area contributed by atoms with Gasteiger partial charge in [0.15, 0.2) is 5.41 Å². The van der Waals surface area contributed by atoms with Gasteiger partial charge in [0.05, 0.1) is 6.42 Å². The molecule has 0 aromatic heterocycles. The first-order valence-corrected chi connectivity index (χ1v) is 7.38. The quantitative estimate of drug-likeness (QED) is 0.797. The van der Waals surface area contributed by atoms with Crippen LogP contribution in [0.4, 0.5) is 17.6 Å². The highest BCUT2D eigenvalue weighted by atomic mass is 79.9. The third-order valence-corrected chi connectivity index (χ3v) is 4.70. The van der Waals surface area contributed by atoms with E-state index in [0.717, 1.165) is 11.0 Å². The molecule has 0 bridgehead atoms. The van der Waals surface area contributed by atoms with Crippen LogP contribution >= 0.6 is 15.9 Å². The first-order valence-electron chi connectivity index (χ1n) is 6.59. The number of aliphatic carboxylic acids is 1. The molecule has 1 saturated heterocycles. The van der Waals surface area contributed by atoms with Crippen molar-refractivity contribution >= 4 is 27.8 Å². The van der Waals surface area contributed by atoms with Gasteiger partial charge in [0.1, 0.15) is 5.82 Å². The summed E-state index contributed by atoms with van der Waals surface area (Å²) in [5.74, 6) is -3.25. The molecule has 1 aromatic carbocycles.